The Morgan fingerprint density at radius 2 is 1.95 bits per heavy atom. The van der Waals surface area contributed by atoms with Gasteiger partial charge in [0.05, 0.1) is 6.54 Å². The highest BCUT2D eigenvalue weighted by atomic mass is 19.1. The minimum Gasteiger partial charge on any atom is -0.383 e. The van der Waals surface area contributed by atoms with Crippen LogP contribution in [0.25, 0.3) is 0 Å². The lowest BCUT2D eigenvalue weighted by Gasteiger charge is -2.05. The number of nitrogen functional groups attached to an aromatic ring is 1. The van der Waals surface area contributed by atoms with E-state index in [1.54, 1.807) is 24.3 Å². The van der Waals surface area contributed by atoms with Crippen molar-refractivity contribution >= 4 is 11.5 Å². The van der Waals surface area contributed by atoms with Gasteiger partial charge in [0.1, 0.15) is 17.5 Å². The zero-order valence-electron chi connectivity index (χ0n) is 10.6. The molecule has 6 heteroatoms. The number of benzene rings is 2. The fourth-order valence-corrected chi connectivity index (χ4v) is 1.68. The Morgan fingerprint density at radius 3 is 2.65 bits per heavy atom. The van der Waals surface area contributed by atoms with Crippen molar-refractivity contribution in [1.82, 2.24) is 0 Å². The summed E-state index contributed by atoms with van der Waals surface area (Å²) < 4.78 is 26.2. The van der Waals surface area contributed by atoms with Gasteiger partial charge in [-0.2, -0.15) is 0 Å². The van der Waals surface area contributed by atoms with Crippen LogP contribution in [0.2, 0.25) is 0 Å². The lowest BCUT2D eigenvalue weighted by atomic mass is 10.2. The highest BCUT2D eigenvalue weighted by Gasteiger charge is 2.04. The van der Waals surface area contributed by atoms with E-state index in [9.17, 15) is 8.78 Å². The SMILES string of the molecule is NNc1cccc(C(N)=NCc2ccc(F)cc2F)c1. The Kier molecular flexibility index (Phi) is 4.27. The van der Waals surface area contributed by atoms with Gasteiger partial charge in [0.25, 0.3) is 0 Å². The van der Waals surface area contributed by atoms with E-state index in [-0.39, 0.29) is 17.9 Å². The van der Waals surface area contributed by atoms with Crippen LogP contribution in [0, 0.1) is 11.6 Å². The second-order valence-corrected chi connectivity index (χ2v) is 4.16. The molecule has 0 spiro atoms. The van der Waals surface area contributed by atoms with Gasteiger partial charge in [-0.3, -0.25) is 10.8 Å². The van der Waals surface area contributed by atoms with Gasteiger partial charge < -0.3 is 11.2 Å². The minimum absolute atomic E-state index is 0.0399. The smallest absolute Gasteiger partial charge is 0.131 e. The number of halogens is 2. The molecule has 0 saturated heterocycles. The van der Waals surface area contributed by atoms with E-state index in [1.807, 2.05) is 0 Å². The van der Waals surface area contributed by atoms with E-state index < -0.39 is 11.6 Å². The monoisotopic (exact) mass is 276 g/mol. The standard InChI is InChI=1S/C14H14F2N4/c15-11-5-4-10(13(16)7-11)8-19-14(17)9-2-1-3-12(6-9)20-18/h1-7,20H,8,18H2,(H2,17,19). The van der Waals surface area contributed by atoms with E-state index in [1.165, 1.54) is 12.1 Å². The number of hydrogen-bond acceptors (Lipinski definition) is 3. The van der Waals surface area contributed by atoms with Gasteiger partial charge in [-0.05, 0) is 18.2 Å². The van der Waals surface area contributed by atoms with Crippen LogP contribution in [-0.4, -0.2) is 5.84 Å². The second kappa shape index (κ2) is 6.12. The Bertz CT molecular complexity index is 641. The van der Waals surface area contributed by atoms with Gasteiger partial charge in [-0.15, -0.1) is 0 Å². The summed E-state index contributed by atoms with van der Waals surface area (Å²) in [6.45, 7) is 0.0399. The molecule has 104 valence electrons. The van der Waals surface area contributed by atoms with Crippen molar-refractivity contribution < 1.29 is 8.78 Å². The fourth-order valence-electron chi connectivity index (χ4n) is 1.68. The summed E-state index contributed by atoms with van der Waals surface area (Å²) in [5, 5.41) is 0. The summed E-state index contributed by atoms with van der Waals surface area (Å²) in [5.74, 6) is 4.30. The van der Waals surface area contributed by atoms with Crippen molar-refractivity contribution in [2.24, 2.45) is 16.6 Å². The topological polar surface area (TPSA) is 76.4 Å². The van der Waals surface area contributed by atoms with E-state index in [0.717, 1.165) is 6.07 Å². The number of hydrazine groups is 1. The lowest BCUT2D eigenvalue weighted by molar-refractivity contribution is 0.572. The summed E-state index contributed by atoms with van der Waals surface area (Å²) in [5.41, 5.74) is 9.97. The van der Waals surface area contributed by atoms with Crippen LogP contribution < -0.4 is 17.0 Å². The highest BCUT2D eigenvalue weighted by Crippen LogP contribution is 2.12. The molecular formula is C14H14F2N4. The van der Waals surface area contributed by atoms with Gasteiger partial charge in [-0.1, -0.05) is 18.2 Å². The number of rotatable bonds is 4. The van der Waals surface area contributed by atoms with Crippen LogP contribution in [0.4, 0.5) is 14.5 Å². The Morgan fingerprint density at radius 1 is 1.15 bits per heavy atom. The molecular weight excluding hydrogens is 262 g/mol. The zero-order valence-corrected chi connectivity index (χ0v) is 10.6. The minimum atomic E-state index is -0.640. The highest BCUT2D eigenvalue weighted by molar-refractivity contribution is 5.98. The summed E-state index contributed by atoms with van der Waals surface area (Å²) in [4.78, 5) is 4.09. The second-order valence-electron chi connectivity index (χ2n) is 4.16. The van der Waals surface area contributed by atoms with Crippen molar-refractivity contribution in [3.05, 3.63) is 65.2 Å². The number of aliphatic imine (C=N–C) groups is 1. The molecule has 0 saturated carbocycles. The number of amidine groups is 1. The predicted molar refractivity (Wildman–Crippen MR) is 75.0 cm³/mol. The van der Waals surface area contributed by atoms with Crippen molar-refractivity contribution in [3.8, 4) is 0 Å². The first kappa shape index (κ1) is 14.0. The average Bonchev–Trinajstić information content (AvgIpc) is 2.46. The molecule has 0 atom stereocenters. The van der Waals surface area contributed by atoms with Gasteiger partial charge >= 0.3 is 0 Å². The van der Waals surface area contributed by atoms with Crippen molar-refractivity contribution in [3.63, 3.8) is 0 Å². The number of anilines is 1. The molecule has 2 aromatic carbocycles. The van der Waals surface area contributed by atoms with E-state index in [2.05, 4.69) is 10.4 Å². The molecule has 0 fully saturated rings. The lowest BCUT2D eigenvalue weighted by Crippen LogP contribution is -2.15. The fraction of sp³-hybridized carbons (Fsp3) is 0.0714. The molecule has 4 nitrogen and oxygen atoms in total. The zero-order chi connectivity index (χ0) is 14.5. The van der Waals surface area contributed by atoms with Gasteiger partial charge in [0.15, 0.2) is 0 Å². The molecule has 2 rings (SSSR count). The Hall–Kier alpha value is -2.47. The number of nitrogens with one attached hydrogen (secondary N) is 1. The molecule has 0 bridgehead atoms. The van der Waals surface area contributed by atoms with Crippen LogP contribution in [0.5, 0.6) is 0 Å². The van der Waals surface area contributed by atoms with Gasteiger partial charge in [-0.25, -0.2) is 8.78 Å². The van der Waals surface area contributed by atoms with Crippen molar-refractivity contribution in [1.29, 1.82) is 0 Å². The van der Waals surface area contributed by atoms with E-state index >= 15 is 0 Å². The molecule has 0 aliphatic carbocycles. The third kappa shape index (κ3) is 3.30. The quantitative estimate of drug-likeness (QED) is 0.346. The van der Waals surface area contributed by atoms with E-state index in [0.29, 0.717) is 11.3 Å². The molecule has 20 heavy (non-hydrogen) atoms. The first-order valence-electron chi connectivity index (χ1n) is 5.91. The van der Waals surface area contributed by atoms with Gasteiger partial charge in [0, 0.05) is 22.9 Å². The molecule has 0 radical (unpaired) electrons. The number of hydrogen-bond donors (Lipinski definition) is 3. The maximum atomic E-state index is 13.4. The van der Waals surface area contributed by atoms with Crippen molar-refractivity contribution in [2.75, 3.05) is 5.43 Å². The average molecular weight is 276 g/mol. The molecule has 0 amide bonds. The summed E-state index contributed by atoms with van der Waals surface area (Å²) in [7, 11) is 0. The Balaban J connectivity index is 2.17. The molecule has 0 heterocycles. The summed E-state index contributed by atoms with van der Waals surface area (Å²) in [6, 6.07) is 10.4. The third-order valence-corrected chi connectivity index (χ3v) is 2.76. The summed E-state index contributed by atoms with van der Waals surface area (Å²) in [6.07, 6.45) is 0. The van der Waals surface area contributed by atoms with Crippen LogP contribution in [-0.2, 0) is 6.54 Å². The normalized spacial score (nSPS) is 11.4. The van der Waals surface area contributed by atoms with E-state index in [4.69, 9.17) is 11.6 Å². The predicted octanol–water partition coefficient (Wildman–Crippen LogP) is 2.16. The molecule has 0 aliphatic heterocycles. The molecule has 0 unspecified atom stereocenters. The van der Waals surface area contributed by atoms with Crippen LogP contribution in [0.1, 0.15) is 11.1 Å². The first-order valence-corrected chi connectivity index (χ1v) is 5.91. The van der Waals surface area contributed by atoms with Gasteiger partial charge in [0.2, 0.25) is 0 Å². The largest absolute Gasteiger partial charge is 0.383 e. The molecule has 2 aromatic rings. The maximum Gasteiger partial charge on any atom is 0.131 e. The third-order valence-electron chi connectivity index (χ3n) is 2.76. The van der Waals surface area contributed by atoms with Crippen LogP contribution >= 0.6 is 0 Å². The molecule has 5 N–H and O–H groups in total. The molecule has 0 aromatic heterocycles. The van der Waals surface area contributed by atoms with Crippen molar-refractivity contribution in [2.45, 2.75) is 6.54 Å². The van der Waals surface area contributed by atoms with Crippen LogP contribution in [0.15, 0.2) is 47.5 Å². The van der Waals surface area contributed by atoms with Crippen LogP contribution in [0.3, 0.4) is 0 Å². The number of nitrogens with zero attached hydrogens (tertiary/aromatic N) is 1. The first-order chi connectivity index (χ1) is 9.60. The molecule has 0 aliphatic rings. The summed E-state index contributed by atoms with van der Waals surface area (Å²) >= 11 is 0. The Labute approximate surface area is 115 Å². The number of nitrogens with two attached hydrogens (primary N) is 2. The maximum absolute atomic E-state index is 13.4.